The monoisotopic (exact) mass is 275 g/mol. The van der Waals surface area contributed by atoms with E-state index >= 15 is 0 Å². The van der Waals surface area contributed by atoms with E-state index in [0.717, 1.165) is 17.8 Å². The van der Waals surface area contributed by atoms with Gasteiger partial charge < -0.3 is 10.4 Å². The molecule has 0 saturated heterocycles. The first kappa shape index (κ1) is 12.6. The Kier molecular flexibility index (Phi) is 3.75. The fourth-order valence-electron chi connectivity index (χ4n) is 2.15. The number of nitrogens with zero attached hydrogens (tertiary/aromatic N) is 2. The number of thiazole rings is 1. The molecule has 0 atom stereocenters. The molecule has 1 aliphatic rings. The largest absolute Gasteiger partial charge is 0.392 e. The summed E-state index contributed by atoms with van der Waals surface area (Å²) in [5.74, 6) is 0.699. The molecule has 0 amide bonds. The molecule has 19 heavy (non-hydrogen) atoms. The van der Waals surface area contributed by atoms with Crippen LogP contribution in [-0.4, -0.2) is 15.1 Å². The highest BCUT2D eigenvalue weighted by Crippen LogP contribution is 2.38. The van der Waals surface area contributed by atoms with E-state index in [-0.39, 0.29) is 6.61 Å². The number of pyridine rings is 1. The summed E-state index contributed by atoms with van der Waals surface area (Å²) in [7, 11) is 0. The molecule has 3 rings (SSSR count). The van der Waals surface area contributed by atoms with E-state index in [9.17, 15) is 5.11 Å². The zero-order chi connectivity index (χ0) is 13.1. The van der Waals surface area contributed by atoms with Gasteiger partial charge in [0, 0.05) is 28.8 Å². The Labute approximate surface area is 116 Å². The van der Waals surface area contributed by atoms with E-state index in [4.69, 9.17) is 0 Å². The predicted molar refractivity (Wildman–Crippen MR) is 76.2 cm³/mol. The van der Waals surface area contributed by atoms with E-state index < -0.39 is 0 Å². The molecular formula is C14H17N3OS. The van der Waals surface area contributed by atoms with Crippen LogP contribution in [0.15, 0.2) is 24.7 Å². The Morgan fingerprint density at radius 3 is 3.00 bits per heavy atom. The highest BCUT2D eigenvalue weighted by molar-refractivity contribution is 7.11. The van der Waals surface area contributed by atoms with Crippen LogP contribution in [0.4, 0.5) is 5.69 Å². The standard InChI is InChI=1S/C14H17N3OS/c18-9-11-4-5-15-8-13(11)16-6-12-7-17-14(19-12)10-2-1-3-10/h4-5,7-8,10,16,18H,1-3,6,9H2. The van der Waals surface area contributed by atoms with Crippen molar-refractivity contribution in [3.05, 3.63) is 40.1 Å². The van der Waals surface area contributed by atoms with Gasteiger partial charge in [-0.3, -0.25) is 4.98 Å². The third-order valence-corrected chi connectivity index (χ3v) is 4.72. The quantitative estimate of drug-likeness (QED) is 0.881. The van der Waals surface area contributed by atoms with Gasteiger partial charge in [-0.15, -0.1) is 11.3 Å². The molecule has 2 heterocycles. The van der Waals surface area contributed by atoms with Crippen LogP contribution < -0.4 is 5.32 Å². The minimum atomic E-state index is 0.0286. The zero-order valence-electron chi connectivity index (χ0n) is 10.7. The number of aromatic nitrogens is 2. The number of aliphatic hydroxyl groups is 1. The fraction of sp³-hybridized carbons (Fsp3) is 0.429. The third-order valence-electron chi connectivity index (χ3n) is 3.56. The SMILES string of the molecule is OCc1ccncc1NCc1cnc(C2CCC2)s1. The van der Waals surface area contributed by atoms with Crippen LogP contribution >= 0.6 is 11.3 Å². The van der Waals surface area contributed by atoms with Crippen molar-refractivity contribution in [3.63, 3.8) is 0 Å². The van der Waals surface area contributed by atoms with Crippen molar-refractivity contribution in [2.45, 2.75) is 38.3 Å². The average Bonchev–Trinajstić information content (AvgIpc) is 2.83. The van der Waals surface area contributed by atoms with Crippen LogP contribution in [0.1, 0.15) is 40.6 Å². The first-order valence-electron chi connectivity index (χ1n) is 6.59. The van der Waals surface area contributed by atoms with Crippen molar-refractivity contribution in [1.82, 2.24) is 9.97 Å². The predicted octanol–water partition coefficient (Wildman–Crippen LogP) is 2.91. The Bertz CT molecular complexity index is 551. The molecule has 0 unspecified atom stereocenters. The van der Waals surface area contributed by atoms with E-state index in [1.165, 1.54) is 29.1 Å². The molecule has 0 aliphatic heterocycles. The lowest BCUT2D eigenvalue weighted by molar-refractivity contribution is 0.282. The maximum absolute atomic E-state index is 9.25. The molecule has 1 aliphatic carbocycles. The molecule has 0 radical (unpaired) electrons. The van der Waals surface area contributed by atoms with Gasteiger partial charge in [0.25, 0.3) is 0 Å². The molecular weight excluding hydrogens is 258 g/mol. The summed E-state index contributed by atoms with van der Waals surface area (Å²) in [4.78, 5) is 9.81. The maximum atomic E-state index is 9.25. The Hall–Kier alpha value is -1.46. The summed E-state index contributed by atoms with van der Waals surface area (Å²) in [6, 6.07) is 1.83. The van der Waals surface area contributed by atoms with Crippen molar-refractivity contribution in [1.29, 1.82) is 0 Å². The highest BCUT2D eigenvalue weighted by Gasteiger charge is 2.22. The molecule has 2 N–H and O–H groups in total. The van der Waals surface area contributed by atoms with Gasteiger partial charge in [-0.25, -0.2) is 4.98 Å². The number of anilines is 1. The summed E-state index contributed by atoms with van der Waals surface area (Å²) in [6.07, 6.45) is 9.32. The van der Waals surface area contributed by atoms with Crippen molar-refractivity contribution < 1.29 is 5.11 Å². The lowest BCUT2D eigenvalue weighted by Gasteiger charge is -2.22. The summed E-state index contributed by atoms with van der Waals surface area (Å²) in [6.45, 7) is 0.768. The molecule has 1 saturated carbocycles. The zero-order valence-corrected chi connectivity index (χ0v) is 11.5. The number of hydrogen-bond acceptors (Lipinski definition) is 5. The molecule has 0 bridgehead atoms. The van der Waals surface area contributed by atoms with E-state index in [1.54, 1.807) is 23.7 Å². The first-order chi connectivity index (χ1) is 9.36. The highest BCUT2D eigenvalue weighted by atomic mass is 32.1. The summed E-state index contributed by atoms with van der Waals surface area (Å²) < 4.78 is 0. The Balaban J connectivity index is 1.63. The van der Waals surface area contributed by atoms with Crippen molar-refractivity contribution >= 4 is 17.0 Å². The Morgan fingerprint density at radius 2 is 2.26 bits per heavy atom. The van der Waals surface area contributed by atoms with E-state index in [2.05, 4.69) is 15.3 Å². The molecule has 100 valence electrons. The molecule has 5 heteroatoms. The van der Waals surface area contributed by atoms with Gasteiger partial charge in [-0.2, -0.15) is 0 Å². The van der Waals surface area contributed by atoms with Crippen LogP contribution in [0.25, 0.3) is 0 Å². The summed E-state index contributed by atoms with van der Waals surface area (Å²) >= 11 is 1.79. The van der Waals surface area contributed by atoms with Crippen LogP contribution in [0.5, 0.6) is 0 Å². The van der Waals surface area contributed by atoms with Gasteiger partial charge >= 0.3 is 0 Å². The Morgan fingerprint density at radius 1 is 1.37 bits per heavy atom. The molecule has 0 aromatic carbocycles. The van der Waals surface area contributed by atoms with Crippen molar-refractivity contribution in [3.8, 4) is 0 Å². The van der Waals surface area contributed by atoms with Gasteiger partial charge in [0.15, 0.2) is 0 Å². The molecule has 1 fully saturated rings. The van der Waals surface area contributed by atoms with Crippen LogP contribution in [-0.2, 0) is 13.2 Å². The number of aliphatic hydroxyl groups excluding tert-OH is 1. The maximum Gasteiger partial charge on any atom is 0.0959 e. The van der Waals surface area contributed by atoms with Gasteiger partial charge in [-0.1, -0.05) is 6.42 Å². The normalized spacial score (nSPS) is 15.2. The van der Waals surface area contributed by atoms with Gasteiger partial charge in [0.1, 0.15) is 0 Å². The second-order valence-electron chi connectivity index (χ2n) is 4.84. The third kappa shape index (κ3) is 2.77. The molecule has 2 aromatic heterocycles. The first-order valence-corrected chi connectivity index (χ1v) is 7.40. The fourth-order valence-corrected chi connectivity index (χ4v) is 3.18. The number of rotatable bonds is 5. The van der Waals surface area contributed by atoms with Crippen molar-refractivity contribution in [2.75, 3.05) is 5.32 Å². The smallest absolute Gasteiger partial charge is 0.0959 e. The average molecular weight is 275 g/mol. The van der Waals surface area contributed by atoms with E-state index in [0.29, 0.717) is 5.92 Å². The van der Waals surface area contributed by atoms with Crippen LogP contribution in [0.3, 0.4) is 0 Å². The molecule has 2 aromatic rings. The number of nitrogens with one attached hydrogen (secondary N) is 1. The minimum Gasteiger partial charge on any atom is -0.392 e. The lowest BCUT2D eigenvalue weighted by atomic mass is 9.86. The van der Waals surface area contributed by atoms with Gasteiger partial charge in [0.2, 0.25) is 0 Å². The minimum absolute atomic E-state index is 0.0286. The molecule has 0 spiro atoms. The summed E-state index contributed by atoms with van der Waals surface area (Å²) in [5.41, 5.74) is 1.77. The summed E-state index contributed by atoms with van der Waals surface area (Å²) in [5, 5.41) is 13.8. The van der Waals surface area contributed by atoms with E-state index in [1.807, 2.05) is 12.3 Å². The van der Waals surface area contributed by atoms with Crippen molar-refractivity contribution in [2.24, 2.45) is 0 Å². The van der Waals surface area contributed by atoms with Crippen LogP contribution in [0.2, 0.25) is 0 Å². The second-order valence-corrected chi connectivity index (χ2v) is 5.98. The second kappa shape index (κ2) is 5.67. The number of hydrogen-bond donors (Lipinski definition) is 2. The van der Waals surface area contributed by atoms with Gasteiger partial charge in [0.05, 0.1) is 30.0 Å². The molecule has 4 nitrogen and oxygen atoms in total. The lowest BCUT2D eigenvalue weighted by Crippen LogP contribution is -2.07. The van der Waals surface area contributed by atoms with Crippen LogP contribution in [0, 0.1) is 0 Å². The topological polar surface area (TPSA) is 58.0 Å². The van der Waals surface area contributed by atoms with Gasteiger partial charge in [-0.05, 0) is 18.9 Å².